The van der Waals surface area contributed by atoms with Crippen molar-refractivity contribution in [2.45, 2.75) is 31.0 Å². The summed E-state index contributed by atoms with van der Waals surface area (Å²) in [4.78, 5) is 0. The number of epoxide rings is 1. The smallest absolute Gasteiger partial charge is 0.183 e. The molecular formula is C18H33Cl3O8. The van der Waals surface area contributed by atoms with E-state index >= 15 is 0 Å². The highest BCUT2D eigenvalue weighted by Crippen LogP contribution is 2.28. The molecule has 1 heterocycles. The lowest BCUT2D eigenvalue weighted by Crippen LogP contribution is -2.35. The van der Waals surface area contributed by atoms with Crippen LogP contribution in [0.15, 0.2) is 0 Å². The van der Waals surface area contributed by atoms with Crippen molar-refractivity contribution in [3.05, 3.63) is 0 Å². The van der Waals surface area contributed by atoms with E-state index in [-0.39, 0.29) is 25.4 Å². The molecular weight excluding hydrogens is 451 g/mol. The van der Waals surface area contributed by atoms with E-state index in [1.807, 2.05) is 0 Å². The van der Waals surface area contributed by atoms with Gasteiger partial charge in [-0.25, -0.2) is 0 Å². The lowest BCUT2D eigenvalue weighted by molar-refractivity contribution is -0.205. The van der Waals surface area contributed by atoms with Crippen molar-refractivity contribution in [3.63, 3.8) is 0 Å². The fourth-order valence-electron chi connectivity index (χ4n) is 2.39. The van der Waals surface area contributed by atoms with E-state index in [0.717, 1.165) is 0 Å². The van der Waals surface area contributed by atoms with Crippen LogP contribution in [0.5, 0.6) is 0 Å². The predicted octanol–water partition coefficient (Wildman–Crippen LogP) is 1.65. The van der Waals surface area contributed by atoms with Crippen molar-refractivity contribution in [2.75, 3.05) is 83.7 Å². The summed E-state index contributed by atoms with van der Waals surface area (Å²) in [6.45, 7) is 4.11. The van der Waals surface area contributed by atoms with E-state index in [1.54, 1.807) is 0 Å². The first kappa shape index (κ1) is 27.6. The maximum atomic E-state index is 10.5. The summed E-state index contributed by atoms with van der Waals surface area (Å²) in [7, 11) is 0. The van der Waals surface area contributed by atoms with Gasteiger partial charge in [-0.2, -0.15) is 0 Å². The second-order valence-corrected chi connectivity index (χ2v) is 7.24. The Morgan fingerprint density at radius 1 is 0.655 bits per heavy atom. The fourth-order valence-corrected chi connectivity index (χ4v) is 2.71. The second kappa shape index (κ2) is 19.3. The Kier molecular flexibility index (Phi) is 18.3. The van der Waals surface area contributed by atoms with Crippen LogP contribution in [0.4, 0.5) is 0 Å². The number of halogens is 3. The molecule has 0 aromatic heterocycles. The molecule has 1 aliphatic rings. The van der Waals surface area contributed by atoms with Gasteiger partial charge in [0, 0.05) is 24.1 Å². The van der Waals surface area contributed by atoms with Crippen LogP contribution in [-0.2, 0) is 33.2 Å². The number of aliphatic hydroxyl groups excluding tert-OH is 1. The molecule has 0 radical (unpaired) electrons. The van der Waals surface area contributed by atoms with Gasteiger partial charge in [-0.15, -0.1) is 34.8 Å². The summed E-state index contributed by atoms with van der Waals surface area (Å²) in [6, 6.07) is 0. The van der Waals surface area contributed by atoms with Crippen LogP contribution in [0.3, 0.4) is 0 Å². The zero-order valence-corrected chi connectivity index (χ0v) is 18.9. The molecule has 11 heteroatoms. The van der Waals surface area contributed by atoms with Gasteiger partial charge in [-0.1, -0.05) is 0 Å². The first-order valence-corrected chi connectivity index (χ1v) is 11.4. The summed E-state index contributed by atoms with van der Waals surface area (Å²) in [6.07, 6.45) is -1.41. The Bertz CT molecular complexity index is 356. The lowest BCUT2D eigenvalue weighted by Gasteiger charge is -2.23. The van der Waals surface area contributed by atoms with Gasteiger partial charge in [0.2, 0.25) is 0 Å². The highest BCUT2D eigenvalue weighted by Gasteiger charge is 2.41. The van der Waals surface area contributed by atoms with Crippen LogP contribution in [0.1, 0.15) is 6.42 Å². The Labute approximate surface area is 187 Å². The van der Waals surface area contributed by atoms with Crippen molar-refractivity contribution in [2.24, 2.45) is 0 Å². The van der Waals surface area contributed by atoms with E-state index in [9.17, 15) is 5.11 Å². The Balaban J connectivity index is 2.22. The summed E-state index contributed by atoms with van der Waals surface area (Å²) in [5.74, 6) is 1.30. The predicted molar refractivity (Wildman–Crippen MR) is 110 cm³/mol. The fraction of sp³-hybridized carbons (Fsp3) is 1.00. The molecule has 3 unspecified atom stereocenters. The van der Waals surface area contributed by atoms with Gasteiger partial charge in [0.25, 0.3) is 0 Å². The van der Waals surface area contributed by atoms with Crippen LogP contribution >= 0.6 is 34.8 Å². The maximum absolute atomic E-state index is 10.5. The number of hydrogen-bond acceptors (Lipinski definition) is 8. The zero-order valence-electron chi connectivity index (χ0n) is 16.6. The van der Waals surface area contributed by atoms with Gasteiger partial charge in [0.15, 0.2) is 6.29 Å². The third-order valence-corrected chi connectivity index (χ3v) is 4.28. The van der Waals surface area contributed by atoms with Crippen molar-refractivity contribution in [1.29, 1.82) is 0 Å². The van der Waals surface area contributed by atoms with Gasteiger partial charge in [-0.05, 0) is 0 Å². The minimum atomic E-state index is -0.849. The van der Waals surface area contributed by atoms with Crippen molar-refractivity contribution >= 4 is 34.8 Å². The zero-order chi connectivity index (χ0) is 21.2. The first-order chi connectivity index (χ1) is 14.2. The molecule has 0 aromatic carbocycles. The highest BCUT2D eigenvalue weighted by molar-refractivity contribution is 6.18. The molecule has 0 spiro atoms. The Hall–Kier alpha value is 0.550. The topological polar surface area (TPSA) is 88.1 Å². The number of hydrogen-bond donors (Lipinski definition) is 1. The minimum absolute atomic E-state index is 0.0440. The molecule has 29 heavy (non-hydrogen) atoms. The van der Waals surface area contributed by atoms with Gasteiger partial charge < -0.3 is 38.3 Å². The molecule has 1 aliphatic heterocycles. The van der Waals surface area contributed by atoms with Gasteiger partial charge >= 0.3 is 0 Å². The van der Waals surface area contributed by atoms with Gasteiger partial charge in [0.05, 0.1) is 72.2 Å². The summed E-state index contributed by atoms with van der Waals surface area (Å²) in [5.41, 5.74) is 0. The first-order valence-electron chi connectivity index (χ1n) is 9.78. The van der Waals surface area contributed by atoms with Crippen LogP contribution in [0.2, 0.25) is 0 Å². The minimum Gasteiger partial charge on any atom is -0.388 e. The third kappa shape index (κ3) is 15.1. The molecule has 0 aliphatic carbocycles. The molecule has 3 atom stereocenters. The summed E-state index contributed by atoms with van der Waals surface area (Å²) >= 11 is 16.6. The normalized spacial score (nSPS) is 19.8. The second-order valence-electron chi connectivity index (χ2n) is 6.10. The van der Waals surface area contributed by atoms with E-state index in [1.165, 1.54) is 0 Å². The number of ether oxygens (including phenoxy) is 7. The molecule has 0 amide bonds. The van der Waals surface area contributed by atoms with Gasteiger partial charge in [0.1, 0.15) is 12.2 Å². The molecule has 1 saturated heterocycles. The Morgan fingerprint density at radius 3 is 1.66 bits per heavy atom. The van der Waals surface area contributed by atoms with Crippen LogP contribution in [0, 0.1) is 0 Å². The molecule has 0 aromatic rings. The standard InChI is InChI=1S/C18H33Cl3O8/c19-1-4-23-7-8-26-14-17-16(29-17)13-15(22)18(27-11-9-24-5-2-20)28-12-10-25-6-3-21/h15-18,22H,1-14H2. The van der Waals surface area contributed by atoms with Crippen LogP contribution in [0.25, 0.3) is 0 Å². The van der Waals surface area contributed by atoms with Crippen molar-refractivity contribution < 1.29 is 38.3 Å². The van der Waals surface area contributed by atoms with E-state index < -0.39 is 12.4 Å². The Morgan fingerprint density at radius 2 is 1.14 bits per heavy atom. The lowest BCUT2D eigenvalue weighted by atomic mass is 10.1. The largest absolute Gasteiger partial charge is 0.388 e. The molecule has 1 rings (SSSR count). The number of alkyl halides is 3. The van der Waals surface area contributed by atoms with E-state index in [0.29, 0.717) is 76.9 Å². The average molecular weight is 484 g/mol. The number of aliphatic hydroxyl groups is 1. The molecule has 174 valence electrons. The molecule has 0 bridgehead atoms. The highest BCUT2D eigenvalue weighted by atomic mass is 35.5. The number of rotatable bonds is 22. The summed E-state index contributed by atoms with van der Waals surface area (Å²) in [5, 5.41) is 10.5. The van der Waals surface area contributed by atoms with Crippen LogP contribution in [-0.4, -0.2) is 113 Å². The maximum Gasteiger partial charge on any atom is 0.183 e. The molecule has 1 fully saturated rings. The van der Waals surface area contributed by atoms with Crippen molar-refractivity contribution in [1.82, 2.24) is 0 Å². The summed E-state index contributed by atoms with van der Waals surface area (Å²) < 4.78 is 38.0. The van der Waals surface area contributed by atoms with Gasteiger partial charge in [-0.3, -0.25) is 0 Å². The van der Waals surface area contributed by atoms with Crippen molar-refractivity contribution in [3.8, 4) is 0 Å². The monoisotopic (exact) mass is 482 g/mol. The SMILES string of the molecule is OC(CC1OC1COCCOCCCl)C(OCCOCCCl)OCCOCCCl. The third-order valence-electron chi connectivity index (χ3n) is 3.81. The average Bonchev–Trinajstić information content (AvgIpc) is 3.46. The molecule has 8 nitrogen and oxygen atoms in total. The quantitative estimate of drug-likeness (QED) is 0.108. The van der Waals surface area contributed by atoms with E-state index in [4.69, 9.17) is 68.0 Å². The molecule has 0 saturated carbocycles. The van der Waals surface area contributed by atoms with E-state index in [2.05, 4.69) is 0 Å². The van der Waals surface area contributed by atoms with Crippen LogP contribution < -0.4 is 0 Å². The molecule has 1 N–H and O–H groups in total.